The molecule has 0 saturated heterocycles. The molecule has 8 heteroatoms. The number of benzene rings is 1. The van der Waals surface area contributed by atoms with Gasteiger partial charge in [-0.2, -0.15) is 0 Å². The Hall–Kier alpha value is -3.68. The van der Waals surface area contributed by atoms with Crippen molar-refractivity contribution in [2.24, 2.45) is 0 Å². The third-order valence-electron chi connectivity index (χ3n) is 6.26. The zero-order valence-electron chi connectivity index (χ0n) is 20.5. The molecule has 34 heavy (non-hydrogen) atoms. The van der Waals surface area contributed by atoms with Crippen molar-refractivity contribution in [1.29, 1.82) is 0 Å². The summed E-state index contributed by atoms with van der Waals surface area (Å²) in [7, 11) is 3.86. The van der Waals surface area contributed by atoms with Crippen molar-refractivity contribution in [3.05, 3.63) is 69.3 Å². The van der Waals surface area contributed by atoms with Gasteiger partial charge in [-0.15, -0.1) is 0 Å². The summed E-state index contributed by atoms with van der Waals surface area (Å²) in [6, 6.07) is 9.70. The van der Waals surface area contributed by atoms with Gasteiger partial charge in [0.25, 0.3) is 5.56 Å². The summed E-state index contributed by atoms with van der Waals surface area (Å²) in [5.41, 5.74) is 4.73. The van der Waals surface area contributed by atoms with Crippen LogP contribution in [-0.2, 0) is 22.5 Å². The summed E-state index contributed by atoms with van der Waals surface area (Å²) >= 11 is 0. The first-order valence-electron chi connectivity index (χ1n) is 11.5. The van der Waals surface area contributed by atoms with Crippen LogP contribution in [0.4, 0.5) is 11.6 Å². The Bertz CT molecular complexity index is 1300. The smallest absolute Gasteiger partial charge is 0.302 e. The van der Waals surface area contributed by atoms with Crippen LogP contribution in [0.15, 0.2) is 41.3 Å². The number of carbonyl (C=O) groups is 1. The molecule has 1 aliphatic carbocycles. The second-order valence-electron chi connectivity index (χ2n) is 8.87. The fourth-order valence-electron chi connectivity index (χ4n) is 4.59. The van der Waals surface area contributed by atoms with Gasteiger partial charge < -0.3 is 15.0 Å². The van der Waals surface area contributed by atoms with Crippen molar-refractivity contribution in [3.63, 3.8) is 0 Å². The Balaban J connectivity index is 1.78. The lowest BCUT2D eigenvalue weighted by Gasteiger charge is -2.25. The quantitative estimate of drug-likeness (QED) is 0.561. The first kappa shape index (κ1) is 23.5. The number of ether oxygens (including phenoxy) is 1. The van der Waals surface area contributed by atoms with Crippen LogP contribution in [0.25, 0.3) is 11.3 Å². The Morgan fingerprint density at radius 3 is 2.65 bits per heavy atom. The number of pyridine rings is 1. The largest absolute Gasteiger partial charge is 0.460 e. The maximum absolute atomic E-state index is 13.6. The number of hydrogen-bond donors (Lipinski definition) is 1. The van der Waals surface area contributed by atoms with Crippen molar-refractivity contribution < 1.29 is 9.53 Å². The zero-order chi connectivity index (χ0) is 24.6. The number of nitrogens with one attached hydrogen (secondary N) is 1. The first-order chi connectivity index (χ1) is 16.2. The van der Waals surface area contributed by atoms with E-state index in [1.165, 1.54) is 6.92 Å². The van der Waals surface area contributed by atoms with Crippen LogP contribution in [0.1, 0.15) is 42.3 Å². The SMILES string of the molecule is CCn1c(NC2c3ccccc3C[C@@H]2OC(C)=O)c(C)nc(-c2cnc(N(C)C)cc2C)c1=O. The van der Waals surface area contributed by atoms with E-state index in [4.69, 9.17) is 9.72 Å². The topological polar surface area (TPSA) is 89.3 Å². The van der Waals surface area contributed by atoms with Gasteiger partial charge in [0.2, 0.25) is 0 Å². The van der Waals surface area contributed by atoms with Crippen LogP contribution in [0.2, 0.25) is 0 Å². The number of fused-ring (bicyclic) bond motifs is 1. The van der Waals surface area contributed by atoms with E-state index in [1.807, 2.05) is 70.1 Å². The highest BCUT2D eigenvalue weighted by molar-refractivity contribution is 5.67. The molecule has 178 valence electrons. The van der Waals surface area contributed by atoms with Gasteiger partial charge in [0, 0.05) is 45.7 Å². The predicted molar refractivity (Wildman–Crippen MR) is 133 cm³/mol. The molecule has 8 nitrogen and oxygen atoms in total. The molecule has 1 unspecified atom stereocenters. The van der Waals surface area contributed by atoms with Gasteiger partial charge >= 0.3 is 5.97 Å². The molecule has 0 spiro atoms. The number of anilines is 2. The van der Waals surface area contributed by atoms with E-state index in [9.17, 15) is 9.59 Å². The number of carbonyl (C=O) groups excluding carboxylic acids is 1. The average Bonchev–Trinajstić information content (AvgIpc) is 3.12. The summed E-state index contributed by atoms with van der Waals surface area (Å²) in [6.45, 7) is 7.66. The van der Waals surface area contributed by atoms with Crippen molar-refractivity contribution in [3.8, 4) is 11.3 Å². The third kappa shape index (κ3) is 4.27. The molecule has 0 saturated carbocycles. The minimum Gasteiger partial charge on any atom is -0.460 e. The molecule has 2 aromatic heterocycles. The van der Waals surface area contributed by atoms with Crippen LogP contribution in [0.3, 0.4) is 0 Å². The number of esters is 1. The van der Waals surface area contributed by atoms with E-state index >= 15 is 0 Å². The summed E-state index contributed by atoms with van der Waals surface area (Å²) in [4.78, 5) is 36.4. The Morgan fingerprint density at radius 2 is 2.00 bits per heavy atom. The number of aryl methyl sites for hydroxylation is 2. The number of rotatable bonds is 6. The molecule has 1 N–H and O–H groups in total. The lowest BCUT2D eigenvalue weighted by molar-refractivity contribution is -0.146. The number of hydrogen-bond acceptors (Lipinski definition) is 7. The normalized spacial score (nSPS) is 16.8. The van der Waals surface area contributed by atoms with Crippen LogP contribution in [-0.4, -0.2) is 40.7 Å². The molecular formula is C26H31N5O3. The maximum Gasteiger partial charge on any atom is 0.302 e. The van der Waals surface area contributed by atoms with Crippen molar-refractivity contribution >= 4 is 17.6 Å². The molecule has 2 heterocycles. The van der Waals surface area contributed by atoms with Gasteiger partial charge in [0.1, 0.15) is 23.4 Å². The highest BCUT2D eigenvalue weighted by atomic mass is 16.5. The highest BCUT2D eigenvalue weighted by Crippen LogP contribution is 2.36. The van der Waals surface area contributed by atoms with E-state index < -0.39 is 0 Å². The third-order valence-corrected chi connectivity index (χ3v) is 6.26. The number of aromatic nitrogens is 3. The summed E-state index contributed by atoms with van der Waals surface area (Å²) in [6.07, 6.45) is 1.97. The molecule has 3 aromatic rings. The Kier molecular flexibility index (Phi) is 6.41. The lowest BCUT2D eigenvalue weighted by Crippen LogP contribution is -2.32. The minimum absolute atomic E-state index is 0.187. The highest BCUT2D eigenvalue weighted by Gasteiger charge is 2.35. The van der Waals surface area contributed by atoms with E-state index in [1.54, 1.807) is 10.8 Å². The molecule has 0 fully saturated rings. The van der Waals surface area contributed by atoms with Gasteiger partial charge in [0.15, 0.2) is 0 Å². The van der Waals surface area contributed by atoms with Crippen molar-refractivity contribution in [1.82, 2.24) is 14.5 Å². The average molecular weight is 462 g/mol. The van der Waals surface area contributed by atoms with Crippen molar-refractivity contribution in [2.75, 3.05) is 24.3 Å². The fraction of sp³-hybridized carbons (Fsp3) is 0.385. The van der Waals surface area contributed by atoms with E-state index in [0.717, 1.165) is 28.1 Å². The summed E-state index contributed by atoms with van der Waals surface area (Å²) in [5, 5.41) is 3.50. The monoisotopic (exact) mass is 461 g/mol. The summed E-state index contributed by atoms with van der Waals surface area (Å²) < 4.78 is 7.34. The van der Waals surface area contributed by atoms with Gasteiger partial charge in [-0.05, 0) is 43.5 Å². The second-order valence-corrected chi connectivity index (χ2v) is 8.87. The fourth-order valence-corrected chi connectivity index (χ4v) is 4.59. The Morgan fingerprint density at radius 1 is 1.26 bits per heavy atom. The Labute approximate surface area is 199 Å². The van der Waals surface area contributed by atoms with Crippen LogP contribution >= 0.6 is 0 Å². The first-order valence-corrected chi connectivity index (χ1v) is 11.5. The van der Waals surface area contributed by atoms with Gasteiger partial charge in [-0.1, -0.05) is 24.3 Å². The number of nitrogens with zero attached hydrogens (tertiary/aromatic N) is 4. The molecule has 0 bridgehead atoms. The van der Waals surface area contributed by atoms with E-state index in [0.29, 0.717) is 30.2 Å². The van der Waals surface area contributed by atoms with E-state index in [-0.39, 0.29) is 23.7 Å². The zero-order valence-corrected chi connectivity index (χ0v) is 20.5. The van der Waals surface area contributed by atoms with Crippen molar-refractivity contribution in [2.45, 2.75) is 52.8 Å². The van der Waals surface area contributed by atoms with Crippen LogP contribution in [0, 0.1) is 13.8 Å². The standard InChI is InChI=1S/C26H31N5O3/c1-7-31-25(29-23-19-11-9-8-10-18(19)13-21(23)34-17(4)32)16(3)28-24(26(31)33)20-14-27-22(30(5)6)12-15(20)2/h8-12,14,21,23,29H,7,13H2,1-6H3/t21-,23?/m0/s1. The molecule has 1 aromatic carbocycles. The van der Waals surface area contributed by atoms with Gasteiger partial charge in [-0.25, -0.2) is 9.97 Å². The van der Waals surface area contributed by atoms with Gasteiger partial charge in [-0.3, -0.25) is 14.2 Å². The molecular weight excluding hydrogens is 430 g/mol. The molecule has 1 aliphatic rings. The van der Waals surface area contributed by atoms with E-state index in [2.05, 4.69) is 10.3 Å². The predicted octanol–water partition coefficient (Wildman–Crippen LogP) is 3.65. The summed E-state index contributed by atoms with van der Waals surface area (Å²) in [5.74, 6) is 1.13. The van der Waals surface area contributed by atoms with Crippen LogP contribution < -0.4 is 15.8 Å². The molecule has 0 amide bonds. The molecule has 0 radical (unpaired) electrons. The van der Waals surface area contributed by atoms with Crippen LogP contribution in [0.5, 0.6) is 0 Å². The van der Waals surface area contributed by atoms with Gasteiger partial charge in [0.05, 0.1) is 11.7 Å². The molecule has 4 rings (SSSR count). The molecule has 2 atom stereocenters. The second kappa shape index (κ2) is 9.29. The maximum atomic E-state index is 13.6. The lowest BCUT2D eigenvalue weighted by atomic mass is 10.1. The molecule has 0 aliphatic heterocycles. The minimum atomic E-state index is -0.362.